The molecule has 0 spiro atoms. The van der Waals surface area contributed by atoms with Gasteiger partial charge in [0.05, 0.1) is 11.3 Å². The number of anilines is 1. The van der Waals surface area contributed by atoms with Gasteiger partial charge in [-0.1, -0.05) is 6.07 Å². The van der Waals surface area contributed by atoms with E-state index in [1.165, 1.54) is 13.1 Å². The van der Waals surface area contributed by atoms with Gasteiger partial charge in [-0.3, -0.25) is 4.72 Å². The third-order valence-corrected chi connectivity index (χ3v) is 4.22. The van der Waals surface area contributed by atoms with Gasteiger partial charge in [-0.2, -0.15) is 12.7 Å². The molecular weight excluding hydrogens is 275 g/mol. The number of aromatic carboxylic acids is 1. The van der Waals surface area contributed by atoms with Crippen LogP contribution in [0.25, 0.3) is 0 Å². The van der Waals surface area contributed by atoms with Gasteiger partial charge in [-0.25, -0.2) is 9.18 Å². The fourth-order valence-corrected chi connectivity index (χ4v) is 2.45. The maximum Gasteiger partial charge on any atom is 0.337 e. The molecule has 0 bridgehead atoms. The van der Waals surface area contributed by atoms with E-state index >= 15 is 0 Å². The number of hydrogen-bond donors (Lipinski definition) is 2. The van der Waals surface area contributed by atoms with E-state index in [9.17, 15) is 17.6 Å². The first-order chi connectivity index (χ1) is 8.66. The lowest BCUT2D eigenvalue weighted by atomic mass is 10.2. The Hall–Kier alpha value is -1.67. The summed E-state index contributed by atoms with van der Waals surface area (Å²) in [6.07, 6.45) is 0. The van der Waals surface area contributed by atoms with E-state index in [0.29, 0.717) is 0 Å². The molecule has 0 unspecified atom stereocenters. The average Bonchev–Trinajstić information content (AvgIpc) is 2.30. The van der Waals surface area contributed by atoms with E-state index in [-0.39, 0.29) is 6.04 Å². The zero-order valence-corrected chi connectivity index (χ0v) is 11.5. The van der Waals surface area contributed by atoms with E-state index in [4.69, 9.17) is 5.11 Å². The molecule has 1 aromatic carbocycles. The highest BCUT2D eigenvalue weighted by Crippen LogP contribution is 2.22. The number of carboxylic acids is 1. The Kier molecular flexibility index (Phi) is 4.48. The summed E-state index contributed by atoms with van der Waals surface area (Å²) in [4.78, 5) is 10.9. The molecule has 0 radical (unpaired) electrons. The van der Waals surface area contributed by atoms with Gasteiger partial charge < -0.3 is 5.11 Å². The van der Waals surface area contributed by atoms with E-state index in [0.717, 1.165) is 16.4 Å². The maximum absolute atomic E-state index is 13.6. The molecule has 0 saturated heterocycles. The fourth-order valence-electron chi connectivity index (χ4n) is 1.28. The highest BCUT2D eigenvalue weighted by Gasteiger charge is 2.24. The van der Waals surface area contributed by atoms with Crippen molar-refractivity contribution in [1.82, 2.24) is 4.31 Å². The predicted octanol–water partition coefficient (Wildman–Crippen LogP) is 1.52. The third kappa shape index (κ3) is 3.42. The van der Waals surface area contributed by atoms with Crippen molar-refractivity contribution < 1.29 is 22.7 Å². The van der Waals surface area contributed by atoms with Gasteiger partial charge >= 0.3 is 16.2 Å². The molecule has 0 aliphatic carbocycles. The predicted molar refractivity (Wildman–Crippen MR) is 68.8 cm³/mol. The van der Waals surface area contributed by atoms with Crippen LogP contribution in [0.1, 0.15) is 24.2 Å². The van der Waals surface area contributed by atoms with Gasteiger partial charge in [0.2, 0.25) is 0 Å². The largest absolute Gasteiger partial charge is 0.478 e. The molecule has 106 valence electrons. The molecule has 0 heterocycles. The number of halogens is 1. The molecule has 1 rings (SSSR count). The van der Waals surface area contributed by atoms with Crippen molar-refractivity contribution in [2.24, 2.45) is 0 Å². The smallest absolute Gasteiger partial charge is 0.337 e. The normalized spacial score (nSPS) is 11.9. The minimum absolute atomic E-state index is 0.349. The molecule has 0 saturated carbocycles. The van der Waals surface area contributed by atoms with Crippen LogP contribution in [0.15, 0.2) is 18.2 Å². The fraction of sp³-hybridized carbons (Fsp3) is 0.364. The van der Waals surface area contributed by atoms with Gasteiger partial charge in [-0.05, 0) is 26.0 Å². The Labute approximate surface area is 111 Å². The van der Waals surface area contributed by atoms with Crippen molar-refractivity contribution in [3.63, 3.8) is 0 Å². The molecule has 0 fully saturated rings. The number of benzene rings is 1. The highest BCUT2D eigenvalue weighted by molar-refractivity contribution is 7.90. The second-order valence-corrected chi connectivity index (χ2v) is 5.91. The second kappa shape index (κ2) is 5.54. The van der Waals surface area contributed by atoms with Crippen LogP contribution >= 0.6 is 0 Å². The van der Waals surface area contributed by atoms with Crippen LogP contribution in [0.4, 0.5) is 10.1 Å². The monoisotopic (exact) mass is 290 g/mol. The van der Waals surface area contributed by atoms with Crippen LogP contribution in [0.2, 0.25) is 0 Å². The Morgan fingerprint density at radius 3 is 2.47 bits per heavy atom. The van der Waals surface area contributed by atoms with Crippen molar-refractivity contribution in [3.8, 4) is 0 Å². The molecule has 1 aromatic rings. The molecule has 0 aliphatic rings. The van der Waals surface area contributed by atoms with Crippen LogP contribution in [0, 0.1) is 5.82 Å². The Bertz CT molecular complexity index is 586. The van der Waals surface area contributed by atoms with Crippen LogP contribution in [0.5, 0.6) is 0 Å². The quantitative estimate of drug-likeness (QED) is 0.860. The molecule has 2 N–H and O–H groups in total. The molecule has 19 heavy (non-hydrogen) atoms. The topological polar surface area (TPSA) is 86.7 Å². The van der Waals surface area contributed by atoms with Gasteiger partial charge in [0.1, 0.15) is 5.82 Å². The Balaban J connectivity index is 3.23. The number of carbonyl (C=O) groups is 1. The number of para-hydroxylation sites is 1. The van der Waals surface area contributed by atoms with Crippen LogP contribution in [-0.4, -0.2) is 36.9 Å². The lowest BCUT2D eigenvalue weighted by Crippen LogP contribution is -2.38. The average molecular weight is 290 g/mol. The first kappa shape index (κ1) is 15.4. The first-order valence-corrected chi connectivity index (χ1v) is 6.88. The minimum atomic E-state index is -4.01. The van der Waals surface area contributed by atoms with Crippen molar-refractivity contribution in [3.05, 3.63) is 29.6 Å². The zero-order chi connectivity index (χ0) is 14.8. The summed E-state index contributed by atoms with van der Waals surface area (Å²) in [5, 5.41) is 8.92. The summed E-state index contributed by atoms with van der Waals surface area (Å²) in [6.45, 7) is 3.28. The number of nitrogens with zero attached hydrogens (tertiary/aromatic N) is 1. The van der Waals surface area contributed by atoms with E-state index in [1.807, 2.05) is 4.72 Å². The van der Waals surface area contributed by atoms with Crippen molar-refractivity contribution in [1.29, 1.82) is 0 Å². The minimum Gasteiger partial charge on any atom is -0.478 e. The van der Waals surface area contributed by atoms with Crippen LogP contribution in [-0.2, 0) is 10.2 Å². The van der Waals surface area contributed by atoms with Crippen molar-refractivity contribution in [2.45, 2.75) is 19.9 Å². The zero-order valence-electron chi connectivity index (χ0n) is 10.7. The summed E-state index contributed by atoms with van der Waals surface area (Å²) < 4.78 is 40.4. The molecule has 0 amide bonds. The maximum atomic E-state index is 13.6. The highest BCUT2D eigenvalue weighted by atomic mass is 32.2. The summed E-state index contributed by atoms with van der Waals surface area (Å²) in [6, 6.07) is 2.96. The van der Waals surface area contributed by atoms with Crippen molar-refractivity contribution >= 4 is 21.9 Å². The van der Waals surface area contributed by atoms with E-state index in [2.05, 4.69) is 0 Å². The number of hydrogen-bond acceptors (Lipinski definition) is 3. The summed E-state index contributed by atoms with van der Waals surface area (Å²) >= 11 is 0. The van der Waals surface area contributed by atoms with E-state index in [1.54, 1.807) is 13.8 Å². The van der Waals surface area contributed by atoms with Crippen molar-refractivity contribution in [2.75, 3.05) is 11.8 Å². The summed E-state index contributed by atoms with van der Waals surface area (Å²) in [7, 11) is -2.70. The number of rotatable bonds is 5. The van der Waals surface area contributed by atoms with Gasteiger partial charge in [0.15, 0.2) is 0 Å². The third-order valence-electron chi connectivity index (χ3n) is 2.58. The standard InChI is InChI=1S/C11H15FN2O4S/c1-7(2)14(3)19(17,18)13-10-8(11(15)16)5-4-6-9(10)12/h4-7,13H,1-3H3,(H,15,16). The first-order valence-electron chi connectivity index (χ1n) is 5.44. The molecule has 8 heteroatoms. The molecule has 0 aliphatic heterocycles. The number of nitrogens with one attached hydrogen (secondary N) is 1. The molecule has 0 aromatic heterocycles. The van der Waals surface area contributed by atoms with E-state index < -0.39 is 33.2 Å². The van der Waals surface area contributed by atoms with Gasteiger partial charge in [-0.15, -0.1) is 0 Å². The summed E-state index contributed by atoms with van der Waals surface area (Å²) in [5.41, 5.74) is -1.01. The SMILES string of the molecule is CC(C)N(C)S(=O)(=O)Nc1c(F)cccc1C(=O)O. The summed E-state index contributed by atoms with van der Waals surface area (Å²) in [5.74, 6) is -2.36. The lowest BCUT2D eigenvalue weighted by molar-refractivity contribution is 0.0697. The Morgan fingerprint density at radius 1 is 1.42 bits per heavy atom. The number of carboxylic acid groups (broad SMARTS) is 1. The molecule has 0 atom stereocenters. The molecule has 6 nitrogen and oxygen atoms in total. The van der Waals surface area contributed by atoms with Crippen LogP contribution in [0.3, 0.4) is 0 Å². The Morgan fingerprint density at radius 2 is 2.00 bits per heavy atom. The molecular formula is C11H15FN2O4S. The lowest BCUT2D eigenvalue weighted by Gasteiger charge is -2.22. The van der Waals surface area contributed by atoms with Crippen LogP contribution < -0.4 is 4.72 Å². The van der Waals surface area contributed by atoms with Gasteiger partial charge in [0, 0.05) is 13.1 Å². The van der Waals surface area contributed by atoms with Gasteiger partial charge in [0.25, 0.3) is 0 Å². The second-order valence-electron chi connectivity index (χ2n) is 4.18.